The molecule has 6 rings (SSSR count). The molecule has 4 N–H and O–H groups in total. The lowest BCUT2D eigenvalue weighted by molar-refractivity contribution is 0.0707. The van der Waals surface area contributed by atoms with Crippen LogP contribution in [-0.4, -0.2) is 27.8 Å². The Balaban J connectivity index is 1.37. The molecule has 5 nitrogen and oxygen atoms in total. The first-order valence-corrected chi connectivity index (χ1v) is 12.5. The number of nitrogens with zero attached hydrogens (tertiary/aromatic N) is 1. The summed E-state index contributed by atoms with van der Waals surface area (Å²) in [5.41, 5.74) is 13.9. The average Bonchev–Trinajstić information content (AvgIpc) is 3.52. The Morgan fingerprint density at radius 3 is 2.80 bits per heavy atom. The maximum absolute atomic E-state index is 5.92. The molecule has 0 atom stereocenters. The molecule has 0 amide bonds. The second-order valence-electron chi connectivity index (χ2n) is 9.22. The molecule has 3 aromatic carbocycles. The van der Waals surface area contributed by atoms with Crippen LogP contribution in [0.4, 0.5) is 5.69 Å². The van der Waals surface area contributed by atoms with Gasteiger partial charge in [0.15, 0.2) is 0 Å². The zero-order valence-corrected chi connectivity index (χ0v) is 20.3. The van der Waals surface area contributed by atoms with Crippen LogP contribution < -0.4 is 11.1 Å². The summed E-state index contributed by atoms with van der Waals surface area (Å²) in [6.07, 6.45) is 6.32. The summed E-state index contributed by atoms with van der Waals surface area (Å²) in [5, 5.41) is 6.05. The number of thiocarbonyl (C=S) groups is 1. The Bertz CT molecular complexity index is 1530. The number of fused-ring (bicyclic) bond motifs is 2. The van der Waals surface area contributed by atoms with Gasteiger partial charge >= 0.3 is 0 Å². The number of nitrogens with two attached hydrogens (primary N) is 1. The molecule has 3 heterocycles. The predicted octanol–water partition coefficient (Wildman–Crippen LogP) is 6.39. The average molecular weight is 481 g/mol. The molecular weight excluding hydrogens is 452 g/mol. The van der Waals surface area contributed by atoms with Gasteiger partial charge in [0.2, 0.25) is 0 Å². The Hall–Kier alpha value is -3.61. The summed E-state index contributed by atoms with van der Waals surface area (Å²) >= 11 is 5.23. The minimum atomic E-state index is 0.422. The van der Waals surface area contributed by atoms with E-state index in [1.54, 1.807) is 0 Å². The van der Waals surface area contributed by atoms with E-state index in [9.17, 15) is 0 Å². The quantitative estimate of drug-likeness (QED) is 0.246. The first kappa shape index (κ1) is 21.9. The van der Waals surface area contributed by atoms with E-state index in [1.807, 2.05) is 18.3 Å². The Morgan fingerprint density at radius 2 is 1.94 bits per heavy atom. The van der Waals surface area contributed by atoms with E-state index in [2.05, 4.69) is 75.7 Å². The van der Waals surface area contributed by atoms with E-state index in [1.165, 1.54) is 27.4 Å². The summed E-state index contributed by atoms with van der Waals surface area (Å²) in [7, 11) is 0. The summed E-state index contributed by atoms with van der Waals surface area (Å²) in [5.74, 6) is 0. The second kappa shape index (κ2) is 9.21. The molecule has 2 aromatic heterocycles. The highest BCUT2D eigenvalue weighted by Crippen LogP contribution is 2.36. The SMILES string of the molecule is NC(=S)c1cccc(-c2cn(C3CCOCC3)c3cc(CNc4ccc5cc[nH]c5c4)ccc23)c1. The van der Waals surface area contributed by atoms with Crippen molar-refractivity contribution in [2.24, 2.45) is 5.73 Å². The molecular formula is C29H28N4OS. The number of nitrogens with one attached hydrogen (secondary N) is 2. The first-order chi connectivity index (χ1) is 17.2. The number of hydrogen-bond acceptors (Lipinski definition) is 3. The summed E-state index contributed by atoms with van der Waals surface area (Å²) in [6, 6.07) is 24.0. The topological polar surface area (TPSA) is 68.0 Å². The van der Waals surface area contributed by atoms with Crippen molar-refractivity contribution in [1.29, 1.82) is 0 Å². The van der Waals surface area contributed by atoms with Crippen molar-refractivity contribution in [3.8, 4) is 11.1 Å². The third kappa shape index (κ3) is 4.31. The Labute approximate surface area is 209 Å². The smallest absolute Gasteiger partial charge is 0.104 e. The van der Waals surface area contributed by atoms with Crippen LogP contribution in [0.5, 0.6) is 0 Å². The molecule has 1 fully saturated rings. The summed E-state index contributed by atoms with van der Waals surface area (Å²) in [6.45, 7) is 2.37. The molecule has 35 heavy (non-hydrogen) atoms. The molecule has 1 aliphatic rings. The van der Waals surface area contributed by atoms with Crippen molar-refractivity contribution in [2.75, 3.05) is 18.5 Å². The highest BCUT2D eigenvalue weighted by molar-refractivity contribution is 7.80. The lowest BCUT2D eigenvalue weighted by Gasteiger charge is -2.24. The van der Waals surface area contributed by atoms with E-state index >= 15 is 0 Å². The molecule has 0 saturated carbocycles. The van der Waals surface area contributed by atoms with E-state index < -0.39 is 0 Å². The third-order valence-corrected chi connectivity index (χ3v) is 7.23. The molecule has 1 saturated heterocycles. The molecule has 176 valence electrons. The Morgan fingerprint density at radius 1 is 1.06 bits per heavy atom. The first-order valence-electron chi connectivity index (χ1n) is 12.1. The molecule has 0 unspecified atom stereocenters. The van der Waals surface area contributed by atoms with Crippen LogP contribution in [0.3, 0.4) is 0 Å². The van der Waals surface area contributed by atoms with Crippen LogP contribution in [0, 0.1) is 0 Å². The lowest BCUT2D eigenvalue weighted by Crippen LogP contribution is -2.19. The molecule has 5 aromatic rings. The van der Waals surface area contributed by atoms with Crippen LogP contribution in [0.15, 0.2) is 79.1 Å². The van der Waals surface area contributed by atoms with Gasteiger partial charge in [-0.2, -0.15) is 0 Å². The standard InChI is InChI=1S/C29H28N4OS/c30-29(35)22-3-1-2-21(15-22)26-18-33(24-9-12-34-13-10-24)28-14-19(4-7-25(26)28)17-32-23-6-5-20-8-11-31-27(20)16-23/h1-8,11,14-16,18,24,31-32H,9-10,12-13,17H2,(H2,30,35). The highest BCUT2D eigenvalue weighted by Gasteiger charge is 2.20. The van der Waals surface area contributed by atoms with Crippen molar-refractivity contribution >= 4 is 44.7 Å². The number of aromatic nitrogens is 2. The molecule has 0 aliphatic carbocycles. The van der Waals surface area contributed by atoms with E-state index in [4.69, 9.17) is 22.7 Å². The maximum atomic E-state index is 5.92. The third-order valence-electron chi connectivity index (χ3n) is 6.99. The number of benzene rings is 3. The number of aromatic amines is 1. The predicted molar refractivity (Wildman–Crippen MR) is 148 cm³/mol. The fourth-order valence-electron chi connectivity index (χ4n) is 5.10. The van der Waals surface area contributed by atoms with E-state index in [-0.39, 0.29) is 0 Å². The summed E-state index contributed by atoms with van der Waals surface area (Å²) < 4.78 is 8.10. The maximum Gasteiger partial charge on any atom is 0.104 e. The monoisotopic (exact) mass is 480 g/mol. The van der Waals surface area contributed by atoms with Gasteiger partial charge < -0.3 is 25.3 Å². The second-order valence-corrected chi connectivity index (χ2v) is 9.66. The minimum Gasteiger partial charge on any atom is -0.389 e. The summed E-state index contributed by atoms with van der Waals surface area (Å²) in [4.78, 5) is 3.71. The van der Waals surface area contributed by atoms with Crippen molar-refractivity contribution in [3.63, 3.8) is 0 Å². The largest absolute Gasteiger partial charge is 0.389 e. The molecule has 6 heteroatoms. The molecule has 0 spiro atoms. The van der Waals surface area contributed by atoms with E-state index in [0.29, 0.717) is 11.0 Å². The fraction of sp³-hybridized carbons (Fsp3) is 0.207. The van der Waals surface area contributed by atoms with Gasteiger partial charge in [0.05, 0.1) is 0 Å². The van der Waals surface area contributed by atoms with Crippen LogP contribution in [0.2, 0.25) is 0 Å². The molecule has 0 radical (unpaired) electrons. The zero-order valence-electron chi connectivity index (χ0n) is 19.5. The molecule has 0 bridgehead atoms. The number of ether oxygens (including phenoxy) is 1. The van der Waals surface area contributed by atoms with Crippen LogP contribution in [0.25, 0.3) is 32.9 Å². The zero-order chi connectivity index (χ0) is 23.8. The number of rotatable bonds is 6. The van der Waals surface area contributed by atoms with Gasteiger partial charge in [0.25, 0.3) is 0 Å². The Kier molecular flexibility index (Phi) is 5.76. The minimum absolute atomic E-state index is 0.422. The van der Waals surface area contributed by atoms with Gasteiger partial charge in [-0.15, -0.1) is 0 Å². The van der Waals surface area contributed by atoms with Gasteiger partial charge in [0, 0.05) is 71.4 Å². The van der Waals surface area contributed by atoms with Gasteiger partial charge in [-0.1, -0.05) is 48.6 Å². The van der Waals surface area contributed by atoms with Crippen molar-refractivity contribution in [3.05, 3.63) is 90.3 Å². The van der Waals surface area contributed by atoms with Gasteiger partial charge in [-0.25, -0.2) is 0 Å². The fourth-order valence-corrected chi connectivity index (χ4v) is 5.23. The van der Waals surface area contributed by atoms with Gasteiger partial charge in [-0.05, 0) is 59.7 Å². The van der Waals surface area contributed by atoms with Gasteiger partial charge in [-0.3, -0.25) is 0 Å². The van der Waals surface area contributed by atoms with Crippen molar-refractivity contribution < 1.29 is 4.74 Å². The lowest BCUT2D eigenvalue weighted by atomic mass is 10.0. The highest BCUT2D eigenvalue weighted by atomic mass is 32.1. The number of anilines is 1. The van der Waals surface area contributed by atoms with E-state index in [0.717, 1.165) is 54.9 Å². The van der Waals surface area contributed by atoms with Crippen LogP contribution in [-0.2, 0) is 11.3 Å². The normalized spacial score (nSPS) is 14.5. The van der Waals surface area contributed by atoms with Crippen LogP contribution >= 0.6 is 12.2 Å². The number of hydrogen-bond donors (Lipinski definition) is 3. The van der Waals surface area contributed by atoms with Gasteiger partial charge in [0.1, 0.15) is 4.99 Å². The number of H-pyrrole nitrogens is 1. The molecule has 1 aliphatic heterocycles. The van der Waals surface area contributed by atoms with Crippen molar-refractivity contribution in [1.82, 2.24) is 9.55 Å². The van der Waals surface area contributed by atoms with Crippen molar-refractivity contribution in [2.45, 2.75) is 25.4 Å². The van der Waals surface area contributed by atoms with Crippen LogP contribution in [0.1, 0.15) is 30.0 Å².